The van der Waals surface area contributed by atoms with Gasteiger partial charge in [-0.2, -0.15) is 0 Å². The Morgan fingerprint density at radius 3 is 2.52 bits per heavy atom. The van der Waals surface area contributed by atoms with Crippen LogP contribution in [-0.4, -0.2) is 52.3 Å². The molecule has 3 atom stereocenters. The number of carbonyl (C=O) groups excluding carboxylic acids is 1. The number of piperidine rings is 1. The van der Waals surface area contributed by atoms with Crippen LogP contribution in [0.25, 0.3) is 0 Å². The zero-order valence-corrected chi connectivity index (χ0v) is 21.0. The van der Waals surface area contributed by atoms with Crippen LogP contribution in [0.15, 0.2) is 59.7 Å². The van der Waals surface area contributed by atoms with E-state index in [9.17, 15) is 35.9 Å². The van der Waals surface area contributed by atoms with Crippen LogP contribution in [0.3, 0.4) is 0 Å². The zero-order chi connectivity index (χ0) is 29.2. The lowest BCUT2D eigenvalue weighted by Crippen LogP contribution is -2.52. The molecule has 1 amide bonds. The number of alkyl halides is 5. The van der Waals surface area contributed by atoms with E-state index in [0.717, 1.165) is 6.20 Å². The topological polar surface area (TPSA) is 113 Å². The number of carbonyl (C=O) groups is 1. The van der Waals surface area contributed by atoms with Crippen molar-refractivity contribution in [1.29, 1.82) is 0 Å². The standard InChI is InChI=1S/C26H25F6N5O3/c1-14(22(38)36-21-7-6-18(12-34-21)40-17-4-2-16(27)3-5-17)37-9-8-25(30,31)20(13-37)15-10-19(23(39)35-11-15)26(32,33)24(28)29/h2-7,10-12,14,20,24H,8-9,13,33H2,1H3,(H,35,39)(H,34,36,38)/t14?,20?,26-/m1/s1. The molecule has 0 bridgehead atoms. The number of nitrogens with zero attached hydrogens (tertiary/aromatic N) is 2. The van der Waals surface area contributed by atoms with Crippen LogP contribution in [0.1, 0.15) is 30.4 Å². The Balaban J connectivity index is 1.45. The molecule has 0 aliphatic carbocycles. The van der Waals surface area contributed by atoms with Crippen molar-refractivity contribution in [1.82, 2.24) is 14.9 Å². The van der Waals surface area contributed by atoms with Crippen molar-refractivity contribution in [3.05, 3.63) is 82.2 Å². The number of H-pyrrole nitrogens is 1. The largest absolute Gasteiger partial charge is 0.456 e. The third kappa shape index (κ3) is 6.28. The van der Waals surface area contributed by atoms with E-state index in [1.165, 1.54) is 54.4 Å². The van der Waals surface area contributed by atoms with Crippen molar-refractivity contribution >= 4 is 11.7 Å². The molecule has 14 heteroatoms. The molecule has 1 aliphatic heterocycles. The normalized spacial score (nSPS) is 19.6. The first-order chi connectivity index (χ1) is 18.8. The number of ether oxygens (including phenoxy) is 1. The van der Waals surface area contributed by atoms with E-state index < -0.39 is 65.9 Å². The Morgan fingerprint density at radius 1 is 1.23 bits per heavy atom. The highest BCUT2D eigenvalue weighted by atomic mass is 19.3. The van der Waals surface area contributed by atoms with Crippen LogP contribution in [0.2, 0.25) is 0 Å². The summed E-state index contributed by atoms with van der Waals surface area (Å²) in [4.78, 5) is 32.4. The first-order valence-corrected chi connectivity index (χ1v) is 12.1. The molecule has 214 valence electrons. The molecule has 0 radical (unpaired) electrons. The van der Waals surface area contributed by atoms with E-state index in [4.69, 9.17) is 10.5 Å². The van der Waals surface area contributed by atoms with Gasteiger partial charge in [0.2, 0.25) is 5.91 Å². The molecular weight excluding hydrogens is 544 g/mol. The van der Waals surface area contributed by atoms with Crippen LogP contribution in [0.5, 0.6) is 11.5 Å². The monoisotopic (exact) mass is 569 g/mol. The van der Waals surface area contributed by atoms with E-state index in [2.05, 4.69) is 10.3 Å². The molecule has 1 saturated heterocycles. The van der Waals surface area contributed by atoms with Gasteiger partial charge in [0.15, 0.2) is 0 Å². The van der Waals surface area contributed by atoms with E-state index in [0.29, 0.717) is 17.6 Å². The number of benzene rings is 1. The zero-order valence-electron chi connectivity index (χ0n) is 21.0. The van der Waals surface area contributed by atoms with Gasteiger partial charge in [-0.1, -0.05) is 0 Å². The van der Waals surface area contributed by atoms with Crippen molar-refractivity contribution in [2.45, 2.75) is 43.4 Å². The number of anilines is 1. The highest BCUT2D eigenvalue weighted by molar-refractivity contribution is 5.93. The van der Waals surface area contributed by atoms with Gasteiger partial charge in [0.1, 0.15) is 23.1 Å². The number of amides is 1. The van der Waals surface area contributed by atoms with Crippen molar-refractivity contribution in [3.8, 4) is 11.5 Å². The molecule has 1 fully saturated rings. The molecule has 4 N–H and O–H groups in total. The van der Waals surface area contributed by atoms with Gasteiger partial charge in [0, 0.05) is 25.7 Å². The molecule has 2 aromatic heterocycles. The second kappa shape index (κ2) is 11.3. The lowest BCUT2D eigenvalue weighted by Gasteiger charge is -2.40. The molecule has 8 nitrogen and oxygen atoms in total. The Hall–Kier alpha value is -3.91. The van der Waals surface area contributed by atoms with Gasteiger partial charge in [-0.05, 0) is 55.0 Å². The summed E-state index contributed by atoms with van der Waals surface area (Å²) in [7, 11) is 0. The van der Waals surface area contributed by atoms with Gasteiger partial charge in [0.25, 0.3) is 23.7 Å². The second-order valence-electron chi connectivity index (χ2n) is 9.40. The Kier molecular flexibility index (Phi) is 8.21. The Morgan fingerprint density at radius 2 is 1.90 bits per heavy atom. The molecule has 3 aromatic rings. The number of likely N-dealkylation sites (tertiary alicyclic amines) is 1. The van der Waals surface area contributed by atoms with Crippen molar-refractivity contribution in [3.63, 3.8) is 0 Å². The summed E-state index contributed by atoms with van der Waals surface area (Å²) in [5.74, 6) is -8.97. The summed E-state index contributed by atoms with van der Waals surface area (Å²) in [6.45, 7) is 0.917. The van der Waals surface area contributed by atoms with Gasteiger partial charge in [-0.25, -0.2) is 31.3 Å². The predicted molar refractivity (Wildman–Crippen MR) is 133 cm³/mol. The van der Waals surface area contributed by atoms with Crippen molar-refractivity contribution in [2.75, 3.05) is 18.4 Å². The third-order valence-corrected chi connectivity index (χ3v) is 6.68. The van der Waals surface area contributed by atoms with Gasteiger partial charge < -0.3 is 15.0 Å². The minimum Gasteiger partial charge on any atom is -0.456 e. The fourth-order valence-electron chi connectivity index (χ4n) is 4.28. The molecule has 0 spiro atoms. The van der Waals surface area contributed by atoms with Crippen molar-refractivity contribution < 1.29 is 35.9 Å². The molecule has 1 aromatic carbocycles. The first-order valence-electron chi connectivity index (χ1n) is 12.1. The number of hydrogen-bond donors (Lipinski definition) is 3. The van der Waals surface area contributed by atoms with Crippen molar-refractivity contribution in [2.24, 2.45) is 5.73 Å². The summed E-state index contributed by atoms with van der Waals surface area (Å²) >= 11 is 0. The fraction of sp³-hybridized carbons (Fsp3) is 0.346. The summed E-state index contributed by atoms with van der Waals surface area (Å²) < 4.78 is 88.9. The van der Waals surface area contributed by atoms with E-state index in [-0.39, 0.29) is 17.9 Å². The van der Waals surface area contributed by atoms with Crippen LogP contribution in [-0.2, 0) is 10.6 Å². The highest BCUT2D eigenvalue weighted by Crippen LogP contribution is 2.41. The van der Waals surface area contributed by atoms with Crippen LogP contribution >= 0.6 is 0 Å². The number of aromatic amines is 1. The number of halogens is 6. The van der Waals surface area contributed by atoms with Crippen LogP contribution in [0.4, 0.5) is 32.2 Å². The number of pyridine rings is 2. The predicted octanol–water partition coefficient (Wildman–Crippen LogP) is 4.50. The van der Waals surface area contributed by atoms with Gasteiger partial charge in [-0.15, -0.1) is 0 Å². The number of nitrogens with two attached hydrogens (primary N) is 1. The first kappa shape index (κ1) is 29.1. The molecule has 40 heavy (non-hydrogen) atoms. The van der Waals surface area contributed by atoms with Gasteiger partial charge in [0.05, 0.1) is 23.7 Å². The number of aromatic nitrogens is 2. The van der Waals surface area contributed by atoms with Crippen LogP contribution < -0.4 is 21.3 Å². The SMILES string of the molecule is CC(C(=O)Nc1ccc(Oc2ccc(F)cc2)cn1)N1CCC(F)(F)C(c2c[nH]c(=O)c([C@](N)(F)C(F)F)c2)C1. The lowest BCUT2D eigenvalue weighted by molar-refractivity contribution is -0.125. The maximum Gasteiger partial charge on any atom is 0.289 e. The average molecular weight is 570 g/mol. The molecule has 1 aliphatic rings. The molecule has 3 heterocycles. The molecular formula is C26H25F6N5O3. The van der Waals surface area contributed by atoms with E-state index >= 15 is 0 Å². The average Bonchev–Trinajstić information content (AvgIpc) is 2.91. The number of nitrogens with one attached hydrogen (secondary N) is 2. The van der Waals surface area contributed by atoms with Gasteiger partial charge in [-0.3, -0.25) is 20.2 Å². The second-order valence-corrected chi connectivity index (χ2v) is 9.40. The fourth-order valence-corrected chi connectivity index (χ4v) is 4.28. The van der Waals surface area contributed by atoms with Crippen LogP contribution in [0, 0.1) is 5.82 Å². The molecule has 0 saturated carbocycles. The highest BCUT2D eigenvalue weighted by Gasteiger charge is 2.48. The lowest BCUT2D eigenvalue weighted by atomic mass is 9.86. The minimum atomic E-state index is -3.84. The third-order valence-electron chi connectivity index (χ3n) is 6.68. The number of rotatable bonds is 8. The quantitative estimate of drug-likeness (QED) is 0.272. The number of hydrogen-bond acceptors (Lipinski definition) is 6. The molecule has 2 unspecified atom stereocenters. The maximum absolute atomic E-state index is 14.9. The molecule has 4 rings (SSSR count). The maximum atomic E-state index is 14.9. The minimum absolute atomic E-state index is 0.154. The summed E-state index contributed by atoms with van der Waals surface area (Å²) in [6, 6.07) is 7.99. The Bertz CT molecular complexity index is 1400. The summed E-state index contributed by atoms with van der Waals surface area (Å²) in [5.41, 5.74) is 2.24. The van der Waals surface area contributed by atoms with E-state index in [1.807, 2.05) is 4.98 Å². The van der Waals surface area contributed by atoms with E-state index in [1.54, 1.807) is 0 Å². The van der Waals surface area contributed by atoms with Gasteiger partial charge >= 0.3 is 0 Å². The Labute approximate surface area is 224 Å². The summed E-state index contributed by atoms with van der Waals surface area (Å²) in [6.07, 6.45) is -2.22. The summed E-state index contributed by atoms with van der Waals surface area (Å²) in [5, 5.41) is 2.58. The smallest absolute Gasteiger partial charge is 0.289 e.